The van der Waals surface area contributed by atoms with Gasteiger partial charge in [-0.2, -0.15) is 0 Å². The predicted octanol–water partition coefficient (Wildman–Crippen LogP) is 4.10. The Morgan fingerprint density at radius 3 is 2.86 bits per heavy atom. The van der Waals surface area contributed by atoms with Crippen molar-refractivity contribution in [3.8, 4) is 5.75 Å². The molecule has 1 aromatic heterocycles. The first-order valence-corrected chi connectivity index (χ1v) is 7.56. The number of aromatic nitrogens is 1. The largest absolute Gasteiger partial charge is 0.497 e. The number of hydrogen-bond donors (Lipinski definition) is 0. The van der Waals surface area contributed by atoms with Crippen molar-refractivity contribution < 1.29 is 9.53 Å². The van der Waals surface area contributed by atoms with Gasteiger partial charge in [-0.05, 0) is 28.5 Å². The summed E-state index contributed by atoms with van der Waals surface area (Å²) in [4.78, 5) is 15.7. The third-order valence-corrected chi connectivity index (χ3v) is 4.28. The highest BCUT2D eigenvalue weighted by molar-refractivity contribution is 7.09. The van der Waals surface area contributed by atoms with Gasteiger partial charge >= 0.3 is 0 Å². The summed E-state index contributed by atoms with van der Waals surface area (Å²) in [5.41, 5.74) is 1.74. The van der Waals surface area contributed by atoms with Gasteiger partial charge in [-0.15, -0.1) is 11.3 Å². The van der Waals surface area contributed by atoms with Gasteiger partial charge in [-0.1, -0.05) is 24.3 Å². The van der Waals surface area contributed by atoms with Gasteiger partial charge in [0.05, 0.1) is 12.1 Å². The van der Waals surface area contributed by atoms with Crippen LogP contribution < -0.4 is 4.74 Å². The average molecular weight is 297 g/mol. The molecule has 0 bridgehead atoms. The lowest BCUT2D eigenvalue weighted by Gasteiger charge is -2.07. The molecule has 2 aromatic carbocycles. The highest BCUT2D eigenvalue weighted by atomic mass is 32.1. The lowest BCUT2D eigenvalue weighted by atomic mass is 10.0. The minimum absolute atomic E-state index is 0.0112. The number of carbonyl (C=O) groups excluding carboxylic acids is 1. The first-order valence-electron chi connectivity index (χ1n) is 6.68. The summed E-state index contributed by atoms with van der Waals surface area (Å²) in [6.07, 6.45) is 0.725. The van der Waals surface area contributed by atoms with Crippen molar-refractivity contribution in [2.24, 2.45) is 0 Å². The molecule has 0 aliphatic rings. The van der Waals surface area contributed by atoms with Crippen LogP contribution in [0.3, 0.4) is 0 Å². The van der Waals surface area contributed by atoms with Crippen LogP contribution in [0.4, 0.5) is 0 Å². The monoisotopic (exact) mass is 297 g/mol. The number of ketones is 1. The van der Waals surface area contributed by atoms with Crippen LogP contribution in [0.25, 0.3) is 10.8 Å². The number of hydrogen-bond acceptors (Lipinski definition) is 4. The van der Waals surface area contributed by atoms with Crippen molar-refractivity contribution in [1.29, 1.82) is 0 Å². The Bertz CT molecular complexity index is 807. The molecule has 0 spiro atoms. The Balaban J connectivity index is 2.00. The Morgan fingerprint density at radius 2 is 2.14 bits per heavy atom. The van der Waals surface area contributed by atoms with E-state index >= 15 is 0 Å². The molecule has 21 heavy (non-hydrogen) atoms. The molecular formula is C17H15NO2S. The lowest BCUT2D eigenvalue weighted by molar-refractivity contribution is 0.101. The van der Waals surface area contributed by atoms with Crippen LogP contribution in [0.15, 0.2) is 41.8 Å². The number of fused-ring (bicyclic) bond motifs is 1. The summed E-state index contributed by atoms with van der Waals surface area (Å²) >= 11 is 1.53. The molecule has 0 unspecified atom stereocenters. The van der Waals surface area contributed by atoms with Crippen molar-refractivity contribution >= 4 is 27.9 Å². The number of Topliss-reactive ketones (excluding diaryl/α,β-unsaturated/α-hetero) is 1. The molecule has 106 valence electrons. The molecule has 3 aromatic rings. The van der Waals surface area contributed by atoms with Crippen LogP contribution in [0.1, 0.15) is 28.0 Å². The number of carbonyl (C=O) groups is 1. The van der Waals surface area contributed by atoms with Gasteiger partial charge in [0.25, 0.3) is 0 Å². The number of thiazole rings is 1. The zero-order chi connectivity index (χ0) is 14.8. The molecule has 0 aliphatic carbocycles. The summed E-state index contributed by atoms with van der Waals surface area (Å²) in [6, 6.07) is 12.3. The minimum atomic E-state index is 0.0112. The summed E-state index contributed by atoms with van der Waals surface area (Å²) in [5.74, 6) is 0.857. The number of ether oxygens (including phenoxy) is 1. The van der Waals surface area contributed by atoms with E-state index in [1.54, 1.807) is 14.0 Å². The molecule has 0 amide bonds. The van der Waals surface area contributed by atoms with E-state index in [0.717, 1.165) is 22.6 Å². The molecular weight excluding hydrogens is 282 g/mol. The second-order valence-electron chi connectivity index (χ2n) is 4.86. The summed E-state index contributed by atoms with van der Waals surface area (Å²) in [6.45, 7) is 1.54. The van der Waals surface area contributed by atoms with Gasteiger partial charge in [0.1, 0.15) is 11.4 Å². The average Bonchev–Trinajstić information content (AvgIpc) is 2.96. The molecule has 0 radical (unpaired) electrons. The molecule has 0 atom stereocenters. The Morgan fingerprint density at radius 1 is 1.29 bits per heavy atom. The summed E-state index contributed by atoms with van der Waals surface area (Å²) in [5, 5.41) is 5.12. The Hall–Kier alpha value is -2.20. The van der Waals surface area contributed by atoms with Gasteiger partial charge in [-0.3, -0.25) is 4.79 Å². The van der Waals surface area contributed by atoms with Crippen LogP contribution in [0, 0.1) is 0 Å². The maximum Gasteiger partial charge on any atom is 0.178 e. The summed E-state index contributed by atoms with van der Waals surface area (Å²) in [7, 11) is 1.67. The topological polar surface area (TPSA) is 39.2 Å². The Labute approximate surface area is 127 Å². The van der Waals surface area contributed by atoms with E-state index in [0.29, 0.717) is 5.69 Å². The quantitative estimate of drug-likeness (QED) is 0.681. The number of benzene rings is 2. The standard InChI is InChI=1S/C17H15NO2S/c1-11(19)16-10-21-17(18-16)8-13-5-3-4-12-6-7-14(20-2)9-15(12)13/h3-7,9-10H,8H2,1-2H3. The van der Waals surface area contributed by atoms with Crippen molar-refractivity contribution in [3.05, 3.63) is 58.0 Å². The lowest BCUT2D eigenvalue weighted by Crippen LogP contribution is -1.94. The van der Waals surface area contributed by atoms with Crippen LogP contribution in [-0.4, -0.2) is 17.9 Å². The van der Waals surface area contributed by atoms with E-state index in [4.69, 9.17) is 4.74 Å². The molecule has 0 saturated carbocycles. The molecule has 0 fully saturated rings. The van der Waals surface area contributed by atoms with Gasteiger partial charge in [0, 0.05) is 18.7 Å². The zero-order valence-corrected chi connectivity index (χ0v) is 12.7. The van der Waals surface area contributed by atoms with Gasteiger partial charge in [-0.25, -0.2) is 4.98 Å². The van der Waals surface area contributed by atoms with E-state index in [1.807, 2.05) is 23.6 Å². The van der Waals surface area contributed by atoms with Crippen molar-refractivity contribution in [1.82, 2.24) is 4.98 Å². The minimum Gasteiger partial charge on any atom is -0.497 e. The molecule has 1 heterocycles. The number of methoxy groups -OCH3 is 1. The molecule has 4 heteroatoms. The first kappa shape index (κ1) is 13.8. The second kappa shape index (κ2) is 5.66. The van der Waals surface area contributed by atoms with Crippen molar-refractivity contribution in [3.63, 3.8) is 0 Å². The number of nitrogens with zero attached hydrogens (tertiary/aromatic N) is 1. The van der Waals surface area contributed by atoms with E-state index in [9.17, 15) is 4.79 Å². The molecule has 0 aliphatic heterocycles. The van der Waals surface area contributed by atoms with E-state index in [2.05, 4.69) is 23.2 Å². The van der Waals surface area contributed by atoms with Crippen molar-refractivity contribution in [2.45, 2.75) is 13.3 Å². The van der Waals surface area contributed by atoms with Crippen LogP contribution in [0.5, 0.6) is 5.75 Å². The van der Waals surface area contributed by atoms with Crippen molar-refractivity contribution in [2.75, 3.05) is 7.11 Å². The van der Waals surface area contributed by atoms with Gasteiger partial charge in [0.15, 0.2) is 5.78 Å². The molecule has 0 saturated heterocycles. The maximum atomic E-state index is 11.3. The normalized spacial score (nSPS) is 10.8. The van der Waals surface area contributed by atoms with Gasteiger partial charge < -0.3 is 4.74 Å². The Kier molecular flexibility index (Phi) is 3.71. The fraction of sp³-hybridized carbons (Fsp3) is 0.176. The first-order chi connectivity index (χ1) is 10.2. The fourth-order valence-corrected chi connectivity index (χ4v) is 3.17. The SMILES string of the molecule is COc1ccc2cccc(Cc3nc(C(C)=O)cs3)c2c1. The predicted molar refractivity (Wildman–Crippen MR) is 85.4 cm³/mol. The third kappa shape index (κ3) is 2.81. The maximum absolute atomic E-state index is 11.3. The van der Waals surface area contributed by atoms with E-state index in [-0.39, 0.29) is 5.78 Å². The van der Waals surface area contributed by atoms with Crippen LogP contribution in [0.2, 0.25) is 0 Å². The fourth-order valence-electron chi connectivity index (χ4n) is 2.31. The van der Waals surface area contributed by atoms with Gasteiger partial charge in [0.2, 0.25) is 0 Å². The molecule has 0 N–H and O–H groups in total. The highest BCUT2D eigenvalue weighted by Crippen LogP contribution is 2.26. The van der Waals surface area contributed by atoms with E-state index in [1.165, 1.54) is 22.3 Å². The number of rotatable bonds is 4. The smallest absolute Gasteiger partial charge is 0.178 e. The zero-order valence-electron chi connectivity index (χ0n) is 11.9. The van der Waals surface area contributed by atoms with Crippen LogP contribution in [-0.2, 0) is 6.42 Å². The third-order valence-electron chi connectivity index (χ3n) is 3.43. The van der Waals surface area contributed by atoms with Crippen LogP contribution >= 0.6 is 11.3 Å². The van der Waals surface area contributed by atoms with E-state index < -0.39 is 0 Å². The molecule has 3 rings (SSSR count). The highest BCUT2D eigenvalue weighted by Gasteiger charge is 2.09. The summed E-state index contributed by atoms with van der Waals surface area (Å²) < 4.78 is 5.31. The second-order valence-corrected chi connectivity index (χ2v) is 5.81. The molecule has 3 nitrogen and oxygen atoms in total.